The molecule has 3 heterocycles. The number of imide groups is 1. The van der Waals surface area contributed by atoms with E-state index in [2.05, 4.69) is 12.2 Å². The Morgan fingerprint density at radius 2 is 1.83 bits per heavy atom. The molecule has 1 aromatic carbocycles. The average molecular weight is 396 g/mol. The van der Waals surface area contributed by atoms with Crippen LogP contribution in [0.25, 0.3) is 5.69 Å². The number of fused-ring (bicyclic) bond motifs is 1. The van der Waals surface area contributed by atoms with Crippen LogP contribution in [-0.2, 0) is 0 Å². The number of aromatic carboxylic acids is 1. The third kappa shape index (κ3) is 3.04. The highest BCUT2D eigenvalue weighted by atomic mass is 16.4. The molecule has 9 nitrogen and oxygen atoms in total. The summed E-state index contributed by atoms with van der Waals surface area (Å²) in [6.07, 6.45) is 1.95. The smallest absolute Gasteiger partial charge is 0.337 e. The second-order valence-electron chi connectivity index (χ2n) is 7.45. The van der Waals surface area contributed by atoms with Crippen molar-refractivity contribution in [2.75, 3.05) is 23.7 Å². The highest BCUT2D eigenvalue weighted by Gasteiger charge is 2.32. The van der Waals surface area contributed by atoms with Crippen molar-refractivity contribution in [3.05, 3.63) is 51.3 Å². The number of anilines is 2. The number of carboxylic acids is 1. The zero-order chi connectivity index (χ0) is 20.9. The maximum Gasteiger partial charge on any atom is 0.337 e. The summed E-state index contributed by atoms with van der Waals surface area (Å²) in [5.41, 5.74) is 6.09. The lowest BCUT2D eigenvalue weighted by atomic mass is 9.98. The molecule has 0 radical (unpaired) electrons. The molecule has 1 aromatic heterocycles. The van der Waals surface area contributed by atoms with Gasteiger partial charge >= 0.3 is 5.97 Å². The molecule has 1 saturated heterocycles. The number of benzene rings is 1. The van der Waals surface area contributed by atoms with Crippen LogP contribution in [0.5, 0.6) is 0 Å². The van der Waals surface area contributed by atoms with Crippen LogP contribution >= 0.6 is 0 Å². The normalized spacial score (nSPS) is 16.7. The van der Waals surface area contributed by atoms with E-state index >= 15 is 0 Å². The molecule has 2 amide bonds. The van der Waals surface area contributed by atoms with Gasteiger partial charge in [0.2, 0.25) is 0 Å². The fraction of sp³-hybridized carbons (Fsp3) is 0.300. The molecule has 0 bridgehead atoms. The summed E-state index contributed by atoms with van der Waals surface area (Å²) in [7, 11) is 0. The van der Waals surface area contributed by atoms with Gasteiger partial charge in [0, 0.05) is 19.2 Å². The van der Waals surface area contributed by atoms with E-state index < -0.39 is 23.3 Å². The number of hydrogen-bond acceptors (Lipinski definition) is 6. The maximum atomic E-state index is 12.6. The van der Waals surface area contributed by atoms with Crippen LogP contribution in [0.2, 0.25) is 0 Å². The van der Waals surface area contributed by atoms with Gasteiger partial charge in [-0.25, -0.2) is 4.79 Å². The molecule has 4 N–H and O–H groups in total. The Labute approximate surface area is 165 Å². The minimum Gasteiger partial charge on any atom is -0.478 e. The lowest BCUT2D eigenvalue weighted by Gasteiger charge is -2.33. The van der Waals surface area contributed by atoms with Gasteiger partial charge in [0.05, 0.1) is 28.1 Å². The summed E-state index contributed by atoms with van der Waals surface area (Å²) in [6, 6.07) is 5.65. The second-order valence-corrected chi connectivity index (χ2v) is 7.45. The van der Waals surface area contributed by atoms with E-state index in [4.69, 9.17) is 5.73 Å². The van der Waals surface area contributed by atoms with Gasteiger partial charge in [-0.3, -0.25) is 24.3 Å². The Bertz CT molecular complexity index is 1110. The van der Waals surface area contributed by atoms with Gasteiger partial charge in [0.25, 0.3) is 17.4 Å². The molecule has 9 heteroatoms. The molecule has 29 heavy (non-hydrogen) atoms. The fourth-order valence-electron chi connectivity index (χ4n) is 3.91. The number of aromatic nitrogens is 1. The molecular formula is C20H20N4O5. The predicted octanol–water partition coefficient (Wildman–Crippen LogP) is 1.24. The Hall–Kier alpha value is -3.62. The number of amides is 2. The summed E-state index contributed by atoms with van der Waals surface area (Å²) in [5.74, 6) is -2.10. The van der Waals surface area contributed by atoms with Crippen molar-refractivity contribution in [1.82, 2.24) is 9.88 Å². The van der Waals surface area contributed by atoms with E-state index in [1.54, 1.807) is 12.1 Å². The van der Waals surface area contributed by atoms with Crippen LogP contribution in [0.3, 0.4) is 0 Å². The third-order valence-electron chi connectivity index (χ3n) is 5.55. The van der Waals surface area contributed by atoms with Gasteiger partial charge in [0.1, 0.15) is 5.82 Å². The highest BCUT2D eigenvalue weighted by molar-refractivity contribution is 6.23. The number of nitrogen functional groups attached to an aromatic ring is 1. The number of nitrogens with one attached hydrogen (secondary N) is 1. The van der Waals surface area contributed by atoms with E-state index in [9.17, 15) is 24.3 Å². The van der Waals surface area contributed by atoms with E-state index in [1.165, 1.54) is 6.07 Å². The quantitative estimate of drug-likeness (QED) is 0.664. The Morgan fingerprint density at radius 3 is 2.48 bits per heavy atom. The largest absolute Gasteiger partial charge is 0.478 e. The number of piperidine rings is 1. The first-order valence-corrected chi connectivity index (χ1v) is 9.31. The predicted molar refractivity (Wildman–Crippen MR) is 106 cm³/mol. The average Bonchev–Trinajstić information content (AvgIpc) is 2.96. The molecule has 2 aliphatic rings. The Balaban J connectivity index is 1.83. The standard InChI is InChI=1S/C20H20N4O5/c1-10-4-6-23(7-5-10)14-3-2-11(8-12(14)20(28)29)24-15(25)9-13-16(17(24)21)19(27)22-18(13)26/h2-3,8-10H,4-7,21H2,1H3,(H,28,29)(H,22,26,27). The third-order valence-corrected chi connectivity index (χ3v) is 5.55. The Morgan fingerprint density at radius 1 is 1.14 bits per heavy atom. The van der Waals surface area contributed by atoms with Crippen molar-refractivity contribution >= 4 is 29.3 Å². The number of hydrogen-bond donors (Lipinski definition) is 3. The number of carbonyl (C=O) groups is 3. The SMILES string of the molecule is CC1CCN(c2ccc(-n3c(N)c4c(cc3=O)C(=O)NC4=O)cc2C(=O)O)CC1. The molecular weight excluding hydrogens is 376 g/mol. The molecule has 1 fully saturated rings. The molecule has 150 valence electrons. The summed E-state index contributed by atoms with van der Waals surface area (Å²) in [6.45, 7) is 3.68. The number of carboxylic acid groups (broad SMARTS) is 1. The summed E-state index contributed by atoms with van der Waals surface area (Å²) in [4.78, 5) is 50.3. The molecule has 0 saturated carbocycles. The molecule has 0 unspecified atom stereocenters. The molecule has 2 aliphatic heterocycles. The van der Waals surface area contributed by atoms with Gasteiger partial charge in [-0.1, -0.05) is 6.92 Å². The number of pyridine rings is 1. The van der Waals surface area contributed by atoms with Gasteiger partial charge in [0.15, 0.2) is 0 Å². The van der Waals surface area contributed by atoms with Crippen LogP contribution < -0.4 is 21.5 Å². The van der Waals surface area contributed by atoms with Gasteiger partial charge < -0.3 is 15.7 Å². The lowest BCUT2D eigenvalue weighted by Crippen LogP contribution is -2.34. The minimum absolute atomic E-state index is 0.0457. The van der Waals surface area contributed by atoms with E-state index in [-0.39, 0.29) is 28.2 Å². The van der Waals surface area contributed by atoms with Crippen molar-refractivity contribution in [1.29, 1.82) is 0 Å². The molecule has 0 atom stereocenters. The number of rotatable bonds is 3. The maximum absolute atomic E-state index is 12.6. The highest BCUT2D eigenvalue weighted by Crippen LogP contribution is 2.29. The summed E-state index contributed by atoms with van der Waals surface area (Å²) < 4.78 is 1.05. The molecule has 0 aliphatic carbocycles. The number of nitrogens with zero attached hydrogens (tertiary/aromatic N) is 2. The monoisotopic (exact) mass is 396 g/mol. The number of nitrogens with two attached hydrogens (primary N) is 1. The van der Waals surface area contributed by atoms with Gasteiger partial charge in [-0.2, -0.15) is 0 Å². The molecule has 2 aromatic rings. The van der Waals surface area contributed by atoms with Crippen molar-refractivity contribution in [2.24, 2.45) is 5.92 Å². The first-order chi connectivity index (χ1) is 13.8. The minimum atomic E-state index is -1.12. The number of carbonyl (C=O) groups excluding carboxylic acids is 2. The van der Waals surface area contributed by atoms with Crippen molar-refractivity contribution in [2.45, 2.75) is 19.8 Å². The molecule has 4 rings (SSSR count). The fourth-order valence-corrected chi connectivity index (χ4v) is 3.91. The summed E-state index contributed by atoms with van der Waals surface area (Å²) in [5, 5.41) is 11.8. The van der Waals surface area contributed by atoms with Crippen molar-refractivity contribution in [3.8, 4) is 5.69 Å². The van der Waals surface area contributed by atoms with Crippen LogP contribution in [-0.4, -0.2) is 40.5 Å². The zero-order valence-corrected chi connectivity index (χ0v) is 15.8. The van der Waals surface area contributed by atoms with Crippen LogP contribution in [0, 0.1) is 5.92 Å². The van der Waals surface area contributed by atoms with Crippen molar-refractivity contribution in [3.63, 3.8) is 0 Å². The van der Waals surface area contributed by atoms with Crippen LogP contribution in [0.15, 0.2) is 29.1 Å². The molecule has 0 spiro atoms. The van der Waals surface area contributed by atoms with E-state index in [0.29, 0.717) is 11.6 Å². The first kappa shape index (κ1) is 18.7. The van der Waals surface area contributed by atoms with Gasteiger partial charge in [-0.05, 0) is 37.0 Å². The van der Waals surface area contributed by atoms with E-state index in [0.717, 1.165) is 36.6 Å². The van der Waals surface area contributed by atoms with Gasteiger partial charge in [-0.15, -0.1) is 0 Å². The summed E-state index contributed by atoms with van der Waals surface area (Å²) >= 11 is 0. The lowest BCUT2D eigenvalue weighted by molar-refractivity contribution is 0.0696. The second kappa shape index (κ2) is 6.77. The van der Waals surface area contributed by atoms with Crippen LogP contribution in [0.4, 0.5) is 11.5 Å². The first-order valence-electron chi connectivity index (χ1n) is 9.31. The van der Waals surface area contributed by atoms with Crippen molar-refractivity contribution < 1.29 is 19.5 Å². The zero-order valence-electron chi connectivity index (χ0n) is 15.8. The van der Waals surface area contributed by atoms with E-state index in [1.807, 2.05) is 4.90 Å². The topological polar surface area (TPSA) is 135 Å². The van der Waals surface area contributed by atoms with Crippen LogP contribution in [0.1, 0.15) is 50.8 Å². The Kier molecular flexibility index (Phi) is 4.37.